The monoisotopic (exact) mass is 301 g/mol. The van der Waals surface area contributed by atoms with Crippen LogP contribution in [-0.4, -0.2) is 19.0 Å². The van der Waals surface area contributed by atoms with E-state index in [-0.39, 0.29) is 5.92 Å². The molecule has 1 unspecified atom stereocenters. The summed E-state index contributed by atoms with van der Waals surface area (Å²) in [6.07, 6.45) is 0. The van der Waals surface area contributed by atoms with Crippen LogP contribution in [0.3, 0.4) is 0 Å². The molecule has 1 heterocycles. The molecule has 1 atom stereocenters. The van der Waals surface area contributed by atoms with Crippen molar-refractivity contribution in [3.8, 4) is 0 Å². The van der Waals surface area contributed by atoms with Crippen molar-refractivity contribution in [3.05, 3.63) is 33.4 Å². The molecule has 2 rings (SSSR count). The number of aliphatic imine (C=N–C) groups is 1. The summed E-state index contributed by atoms with van der Waals surface area (Å²) in [5, 5.41) is 0. The zero-order chi connectivity index (χ0) is 9.97. The van der Waals surface area contributed by atoms with Crippen LogP contribution >= 0.6 is 22.6 Å². The molecule has 0 saturated carbocycles. The Kier molecular flexibility index (Phi) is 3.05. The van der Waals surface area contributed by atoms with E-state index in [2.05, 4.69) is 58.8 Å². The molecule has 0 amide bonds. The molecule has 0 N–H and O–H groups in total. The van der Waals surface area contributed by atoms with Crippen LogP contribution in [-0.2, 0) is 4.74 Å². The fourth-order valence-corrected chi connectivity index (χ4v) is 2.43. The van der Waals surface area contributed by atoms with Gasteiger partial charge in [-0.05, 0) is 41.1 Å². The molecule has 0 fully saturated rings. The number of halogens is 1. The molecule has 1 aliphatic rings. The lowest BCUT2D eigenvalue weighted by atomic mass is 10.0. The highest BCUT2D eigenvalue weighted by Gasteiger charge is 2.19. The molecule has 1 aliphatic heterocycles. The van der Waals surface area contributed by atoms with Crippen LogP contribution < -0.4 is 0 Å². The standard InChI is InChI=1S/C11H12INO/c1-8(11-13-6-7-14-11)9-4-2-3-5-10(9)12/h2-5,8H,6-7H2,1H3. The number of nitrogens with zero attached hydrogens (tertiary/aromatic N) is 1. The summed E-state index contributed by atoms with van der Waals surface area (Å²) < 4.78 is 6.74. The van der Waals surface area contributed by atoms with Gasteiger partial charge in [-0.15, -0.1) is 0 Å². The van der Waals surface area contributed by atoms with E-state index in [1.807, 2.05) is 0 Å². The van der Waals surface area contributed by atoms with E-state index in [4.69, 9.17) is 4.74 Å². The van der Waals surface area contributed by atoms with Crippen LogP contribution in [0.25, 0.3) is 0 Å². The first-order chi connectivity index (χ1) is 6.79. The Bertz CT molecular complexity index is 362. The molecular formula is C11H12INO. The van der Waals surface area contributed by atoms with Crippen LogP contribution in [0.1, 0.15) is 18.4 Å². The summed E-state index contributed by atoms with van der Waals surface area (Å²) in [4.78, 5) is 4.34. The van der Waals surface area contributed by atoms with E-state index < -0.39 is 0 Å². The van der Waals surface area contributed by atoms with Crippen LogP contribution in [0.2, 0.25) is 0 Å². The number of hydrogen-bond acceptors (Lipinski definition) is 2. The fraction of sp³-hybridized carbons (Fsp3) is 0.364. The smallest absolute Gasteiger partial charge is 0.190 e. The maximum atomic E-state index is 5.47. The minimum Gasteiger partial charge on any atom is -0.479 e. The minimum atomic E-state index is 0.283. The first-order valence-electron chi connectivity index (χ1n) is 4.70. The first-order valence-corrected chi connectivity index (χ1v) is 5.78. The summed E-state index contributed by atoms with van der Waals surface area (Å²) in [5.74, 6) is 1.17. The van der Waals surface area contributed by atoms with Crippen LogP contribution in [0.5, 0.6) is 0 Å². The number of ether oxygens (including phenoxy) is 1. The highest BCUT2D eigenvalue weighted by molar-refractivity contribution is 14.1. The van der Waals surface area contributed by atoms with Gasteiger partial charge < -0.3 is 4.74 Å². The zero-order valence-electron chi connectivity index (χ0n) is 8.03. The van der Waals surface area contributed by atoms with Crippen molar-refractivity contribution >= 4 is 28.5 Å². The summed E-state index contributed by atoms with van der Waals surface area (Å²) in [5.41, 5.74) is 1.30. The van der Waals surface area contributed by atoms with Gasteiger partial charge in [0.25, 0.3) is 0 Å². The molecule has 3 heteroatoms. The average molecular weight is 301 g/mol. The molecule has 0 bridgehead atoms. The quantitative estimate of drug-likeness (QED) is 0.770. The van der Waals surface area contributed by atoms with Crippen LogP contribution in [0, 0.1) is 3.57 Å². The lowest BCUT2D eigenvalue weighted by molar-refractivity contribution is 0.334. The van der Waals surface area contributed by atoms with Crippen molar-refractivity contribution in [1.82, 2.24) is 0 Å². The molecule has 14 heavy (non-hydrogen) atoms. The highest BCUT2D eigenvalue weighted by atomic mass is 127. The van der Waals surface area contributed by atoms with Crippen molar-refractivity contribution in [2.75, 3.05) is 13.2 Å². The van der Waals surface area contributed by atoms with Crippen molar-refractivity contribution in [3.63, 3.8) is 0 Å². The summed E-state index contributed by atoms with van der Waals surface area (Å²) >= 11 is 2.35. The third kappa shape index (κ3) is 1.92. The third-order valence-electron chi connectivity index (χ3n) is 2.35. The Balaban J connectivity index is 2.26. The predicted octanol–water partition coefficient (Wildman–Crippen LogP) is 2.82. The van der Waals surface area contributed by atoms with Crippen molar-refractivity contribution in [2.45, 2.75) is 12.8 Å². The van der Waals surface area contributed by atoms with Gasteiger partial charge in [0, 0.05) is 3.57 Å². The van der Waals surface area contributed by atoms with E-state index in [0.717, 1.165) is 19.0 Å². The van der Waals surface area contributed by atoms with Crippen LogP contribution in [0.15, 0.2) is 29.3 Å². The van der Waals surface area contributed by atoms with E-state index in [1.165, 1.54) is 9.13 Å². The Labute approximate surface area is 97.5 Å². The SMILES string of the molecule is CC(C1=NCCO1)c1ccccc1I. The van der Waals surface area contributed by atoms with Crippen molar-refractivity contribution in [1.29, 1.82) is 0 Å². The van der Waals surface area contributed by atoms with Gasteiger partial charge in [-0.25, -0.2) is 0 Å². The molecule has 1 aromatic carbocycles. The molecular weight excluding hydrogens is 289 g/mol. The maximum Gasteiger partial charge on any atom is 0.190 e. The number of hydrogen-bond donors (Lipinski definition) is 0. The zero-order valence-corrected chi connectivity index (χ0v) is 10.2. The molecule has 0 radical (unpaired) electrons. The largest absolute Gasteiger partial charge is 0.479 e. The highest BCUT2D eigenvalue weighted by Crippen LogP contribution is 2.24. The van der Waals surface area contributed by atoms with Crippen molar-refractivity contribution < 1.29 is 4.74 Å². The molecule has 0 saturated heterocycles. The summed E-state index contributed by atoms with van der Waals surface area (Å²) in [6, 6.07) is 8.36. The van der Waals surface area contributed by atoms with E-state index in [9.17, 15) is 0 Å². The normalized spacial score (nSPS) is 17.4. The van der Waals surface area contributed by atoms with Gasteiger partial charge in [0.1, 0.15) is 6.61 Å². The van der Waals surface area contributed by atoms with Crippen LogP contribution in [0.4, 0.5) is 0 Å². The van der Waals surface area contributed by atoms with E-state index in [0.29, 0.717) is 0 Å². The Morgan fingerprint density at radius 3 is 2.86 bits per heavy atom. The predicted molar refractivity (Wildman–Crippen MR) is 65.8 cm³/mol. The Morgan fingerprint density at radius 2 is 2.21 bits per heavy atom. The summed E-state index contributed by atoms with van der Waals surface area (Å²) in [7, 11) is 0. The second-order valence-corrected chi connectivity index (χ2v) is 4.47. The Hall–Kier alpha value is -0.580. The maximum absolute atomic E-state index is 5.47. The van der Waals surface area contributed by atoms with Crippen molar-refractivity contribution in [2.24, 2.45) is 4.99 Å². The van der Waals surface area contributed by atoms with E-state index in [1.54, 1.807) is 0 Å². The van der Waals surface area contributed by atoms with Gasteiger partial charge in [0.15, 0.2) is 5.90 Å². The topological polar surface area (TPSA) is 21.6 Å². The van der Waals surface area contributed by atoms with Gasteiger partial charge in [-0.3, -0.25) is 4.99 Å². The van der Waals surface area contributed by atoms with Gasteiger partial charge in [0.2, 0.25) is 0 Å². The molecule has 0 spiro atoms. The first kappa shape index (κ1) is 9.96. The lowest BCUT2D eigenvalue weighted by Gasteiger charge is -2.13. The van der Waals surface area contributed by atoms with Gasteiger partial charge in [-0.2, -0.15) is 0 Å². The van der Waals surface area contributed by atoms with Gasteiger partial charge >= 0.3 is 0 Å². The summed E-state index contributed by atoms with van der Waals surface area (Å²) in [6.45, 7) is 3.69. The number of rotatable bonds is 2. The molecule has 74 valence electrons. The lowest BCUT2D eigenvalue weighted by Crippen LogP contribution is -2.10. The molecule has 2 nitrogen and oxygen atoms in total. The Morgan fingerprint density at radius 1 is 1.43 bits per heavy atom. The van der Waals surface area contributed by atoms with Gasteiger partial charge in [-0.1, -0.05) is 18.2 Å². The number of benzene rings is 1. The molecule has 0 aromatic heterocycles. The minimum absolute atomic E-state index is 0.283. The van der Waals surface area contributed by atoms with E-state index >= 15 is 0 Å². The second kappa shape index (κ2) is 4.29. The molecule has 1 aromatic rings. The fourth-order valence-electron chi connectivity index (χ4n) is 1.57. The second-order valence-electron chi connectivity index (χ2n) is 3.31. The molecule has 0 aliphatic carbocycles. The van der Waals surface area contributed by atoms with Gasteiger partial charge in [0.05, 0.1) is 12.5 Å². The third-order valence-corrected chi connectivity index (χ3v) is 3.33. The average Bonchev–Trinajstić information content (AvgIpc) is 2.70.